The van der Waals surface area contributed by atoms with Gasteiger partial charge >= 0.3 is 6.03 Å². The van der Waals surface area contributed by atoms with Gasteiger partial charge in [0.2, 0.25) is 5.88 Å². The fraction of sp³-hybridized carbons (Fsp3) is 0.286. The number of hydrogen-bond acceptors (Lipinski definition) is 5. The summed E-state index contributed by atoms with van der Waals surface area (Å²) in [4.78, 5) is 18.5. The van der Waals surface area contributed by atoms with Gasteiger partial charge in [0.1, 0.15) is 11.5 Å². The normalized spacial score (nSPS) is 11.0. The maximum absolute atomic E-state index is 13.5. The van der Waals surface area contributed by atoms with Crippen molar-refractivity contribution in [2.45, 2.75) is 19.4 Å². The number of alkyl halides is 2. The molecule has 0 bridgehead atoms. The van der Waals surface area contributed by atoms with E-state index in [2.05, 4.69) is 20.5 Å². The van der Waals surface area contributed by atoms with Gasteiger partial charge in [-0.05, 0) is 30.7 Å². The van der Waals surface area contributed by atoms with Crippen molar-refractivity contribution in [2.75, 3.05) is 31.0 Å². The molecule has 0 saturated heterocycles. The number of benzene rings is 1. The molecule has 2 heterocycles. The number of nitrogens with one attached hydrogen (secondary N) is 2. The van der Waals surface area contributed by atoms with Gasteiger partial charge in [-0.1, -0.05) is 11.6 Å². The highest BCUT2D eigenvalue weighted by Gasteiger charge is 2.25. The largest absolute Gasteiger partial charge is 0.481 e. The van der Waals surface area contributed by atoms with Crippen molar-refractivity contribution in [3.8, 4) is 5.88 Å². The van der Waals surface area contributed by atoms with Gasteiger partial charge in [0.25, 0.3) is 6.43 Å². The van der Waals surface area contributed by atoms with Gasteiger partial charge in [-0.2, -0.15) is 5.10 Å². The summed E-state index contributed by atoms with van der Waals surface area (Å²) in [5.74, 6) is -0.308. The predicted octanol–water partition coefficient (Wildman–Crippen LogP) is 4.97. The average molecular weight is 484 g/mol. The highest BCUT2D eigenvalue weighted by Crippen LogP contribution is 2.27. The smallest absolute Gasteiger partial charge is 0.326 e. The van der Waals surface area contributed by atoms with E-state index in [1.54, 1.807) is 12.1 Å². The van der Waals surface area contributed by atoms with Crippen LogP contribution in [0.25, 0.3) is 0 Å². The van der Waals surface area contributed by atoms with Gasteiger partial charge in [0.15, 0.2) is 0 Å². The SMILES string of the molecule is COCCc1c(C(F)F)n[nH]c1CN(C(=O)Nc1ccc(F)c(Cl)c1)c1ccc(OC)nc1. The Morgan fingerprint density at radius 2 is 2.06 bits per heavy atom. The number of halogens is 4. The number of H-pyrrole nitrogens is 1. The summed E-state index contributed by atoms with van der Waals surface area (Å²) in [6.07, 6.45) is -1.23. The molecule has 8 nitrogen and oxygen atoms in total. The zero-order chi connectivity index (χ0) is 24.0. The van der Waals surface area contributed by atoms with Crippen LogP contribution >= 0.6 is 11.6 Å². The van der Waals surface area contributed by atoms with E-state index in [0.29, 0.717) is 17.3 Å². The lowest BCUT2D eigenvalue weighted by atomic mass is 10.1. The molecule has 0 unspecified atom stereocenters. The Morgan fingerprint density at radius 3 is 2.67 bits per heavy atom. The van der Waals surface area contributed by atoms with Crippen molar-refractivity contribution in [1.82, 2.24) is 15.2 Å². The molecule has 2 aromatic heterocycles. The number of nitrogens with zero attached hydrogens (tertiary/aromatic N) is 3. The number of carbonyl (C=O) groups excluding carboxylic acids is 1. The van der Waals surface area contributed by atoms with Gasteiger partial charge in [-0.3, -0.25) is 10.00 Å². The number of amides is 2. The van der Waals surface area contributed by atoms with E-state index in [-0.39, 0.29) is 35.8 Å². The number of carbonyl (C=O) groups is 1. The zero-order valence-electron chi connectivity index (χ0n) is 17.7. The summed E-state index contributed by atoms with van der Waals surface area (Å²) in [7, 11) is 2.90. The number of urea groups is 1. The van der Waals surface area contributed by atoms with Crippen LogP contribution < -0.4 is 15.0 Å². The first-order valence-corrected chi connectivity index (χ1v) is 10.1. The number of ether oxygens (including phenoxy) is 2. The van der Waals surface area contributed by atoms with E-state index in [4.69, 9.17) is 21.1 Å². The Labute approximate surface area is 192 Å². The molecule has 0 aliphatic carbocycles. The van der Waals surface area contributed by atoms with E-state index in [0.717, 1.165) is 6.07 Å². The molecule has 0 aliphatic rings. The third-order valence-electron chi connectivity index (χ3n) is 4.72. The molecule has 0 atom stereocenters. The summed E-state index contributed by atoms with van der Waals surface area (Å²) in [5, 5.41) is 8.78. The minimum atomic E-state index is -2.80. The summed E-state index contributed by atoms with van der Waals surface area (Å²) in [6, 6.07) is 6.22. The summed E-state index contributed by atoms with van der Waals surface area (Å²) in [6.45, 7) is 0.0597. The van der Waals surface area contributed by atoms with Crippen LogP contribution in [0.15, 0.2) is 36.5 Å². The van der Waals surface area contributed by atoms with Crippen LogP contribution in [0.3, 0.4) is 0 Å². The van der Waals surface area contributed by atoms with Crippen molar-refractivity contribution in [3.63, 3.8) is 0 Å². The molecular weight excluding hydrogens is 463 g/mol. The first kappa shape index (κ1) is 24.3. The van der Waals surface area contributed by atoms with Crippen LogP contribution in [0, 0.1) is 5.82 Å². The van der Waals surface area contributed by atoms with Gasteiger partial charge in [0, 0.05) is 24.4 Å². The van der Waals surface area contributed by atoms with Crippen LogP contribution in [0.2, 0.25) is 5.02 Å². The molecule has 33 heavy (non-hydrogen) atoms. The molecule has 12 heteroatoms. The first-order valence-electron chi connectivity index (χ1n) is 9.70. The predicted molar refractivity (Wildman–Crippen MR) is 117 cm³/mol. The molecule has 2 amide bonds. The van der Waals surface area contributed by atoms with Crippen molar-refractivity contribution in [1.29, 1.82) is 0 Å². The third kappa shape index (κ3) is 5.93. The monoisotopic (exact) mass is 483 g/mol. The number of aromatic nitrogens is 3. The number of rotatable bonds is 9. The van der Waals surface area contributed by atoms with Crippen molar-refractivity contribution in [3.05, 3.63) is 64.3 Å². The van der Waals surface area contributed by atoms with Crippen LogP contribution in [-0.2, 0) is 17.7 Å². The highest BCUT2D eigenvalue weighted by molar-refractivity contribution is 6.31. The maximum Gasteiger partial charge on any atom is 0.326 e. The van der Waals surface area contributed by atoms with Crippen LogP contribution in [0.4, 0.5) is 29.3 Å². The van der Waals surface area contributed by atoms with Gasteiger partial charge in [0.05, 0.1) is 42.9 Å². The minimum Gasteiger partial charge on any atom is -0.481 e. The van der Waals surface area contributed by atoms with Gasteiger partial charge in [-0.15, -0.1) is 0 Å². The Morgan fingerprint density at radius 1 is 1.27 bits per heavy atom. The van der Waals surface area contributed by atoms with Crippen molar-refractivity contribution >= 4 is 29.0 Å². The Hall–Kier alpha value is -3.31. The van der Waals surface area contributed by atoms with Crippen LogP contribution in [0.1, 0.15) is 23.4 Å². The zero-order valence-corrected chi connectivity index (χ0v) is 18.5. The van der Waals surface area contributed by atoms with E-state index in [1.165, 1.54) is 37.4 Å². The van der Waals surface area contributed by atoms with E-state index >= 15 is 0 Å². The maximum atomic E-state index is 13.5. The second-order valence-electron chi connectivity index (χ2n) is 6.81. The first-order chi connectivity index (χ1) is 15.8. The van der Waals surface area contributed by atoms with Gasteiger partial charge < -0.3 is 14.8 Å². The second kappa shape index (κ2) is 11.0. The lowest BCUT2D eigenvalue weighted by Gasteiger charge is -2.23. The topological polar surface area (TPSA) is 92.4 Å². The molecule has 0 fully saturated rings. The summed E-state index contributed by atoms with van der Waals surface area (Å²) >= 11 is 5.80. The fourth-order valence-corrected chi connectivity index (χ4v) is 3.25. The minimum absolute atomic E-state index is 0.131. The number of methoxy groups -OCH3 is 2. The molecule has 3 aromatic rings. The Balaban J connectivity index is 1.95. The van der Waals surface area contributed by atoms with E-state index in [9.17, 15) is 18.0 Å². The summed E-state index contributed by atoms with van der Waals surface area (Å²) in [5.41, 5.74) is 0.768. The molecule has 0 radical (unpaired) electrons. The highest BCUT2D eigenvalue weighted by atomic mass is 35.5. The quantitative estimate of drug-likeness (QED) is 0.448. The van der Waals surface area contributed by atoms with Crippen LogP contribution in [-0.4, -0.2) is 42.0 Å². The molecule has 1 aromatic carbocycles. The lowest BCUT2D eigenvalue weighted by molar-refractivity contribution is 0.143. The molecule has 0 spiro atoms. The number of anilines is 2. The molecule has 2 N–H and O–H groups in total. The molecule has 0 aliphatic heterocycles. The average Bonchev–Trinajstić information content (AvgIpc) is 3.21. The standard InChI is InChI=1S/C21H21ClF3N5O3/c1-32-8-7-14-17(28-29-19(14)20(24)25)11-30(13-4-6-18(33-2)26-10-13)21(31)27-12-3-5-16(23)15(22)9-12/h3-6,9-10,20H,7-8,11H2,1-2H3,(H,27,31)(H,28,29). The van der Waals surface area contributed by atoms with Crippen molar-refractivity contribution < 1.29 is 27.4 Å². The lowest BCUT2D eigenvalue weighted by Crippen LogP contribution is -2.35. The molecule has 3 rings (SSSR count). The molecule has 0 saturated carbocycles. The third-order valence-corrected chi connectivity index (χ3v) is 5.01. The number of pyridine rings is 1. The fourth-order valence-electron chi connectivity index (χ4n) is 3.07. The second-order valence-corrected chi connectivity index (χ2v) is 7.22. The molecular formula is C21H21ClF3N5O3. The Kier molecular flexibility index (Phi) is 8.12. The summed E-state index contributed by atoms with van der Waals surface area (Å²) < 4.78 is 50.4. The van der Waals surface area contributed by atoms with E-state index < -0.39 is 24.0 Å². The molecule has 176 valence electrons. The Bertz CT molecular complexity index is 1100. The van der Waals surface area contributed by atoms with E-state index in [1.807, 2.05) is 0 Å². The van der Waals surface area contributed by atoms with Crippen LogP contribution in [0.5, 0.6) is 5.88 Å². The van der Waals surface area contributed by atoms with Gasteiger partial charge in [-0.25, -0.2) is 22.9 Å². The van der Waals surface area contributed by atoms with Crippen molar-refractivity contribution in [2.24, 2.45) is 0 Å². The number of hydrogen-bond donors (Lipinski definition) is 2. The number of aromatic amines is 1.